The van der Waals surface area contributed by atoms with E-state index in [1.165, 1.54) is 0 Å². The lowest BCUT2D eigenvalue weighted by atomic mass is 10.1. The molecular weight excluding hydrogens is 262 g/mol. The zero-order valence-electron chi connectivity index (χ0n) is 13.1. The number of aryl methyl sites for hydroxylation is 1. The number of nitrogens with one attached hydrogen (secondary N) is 1. The Morgan fingerprint density at radius 3 is 2.57 bits per heavy atom. The first-order valence-corrected chi connectivity index (χ1v) is 7.28. The van der Waals surface area contributed by atoms with Gasteiger partial charge in [-0.2, -0.15) is 0 Å². The summed E-state index contributed by atoms with van der Waals surface area (Å²) < 4.78 is 10.9. The van der Waals surface area contributed by atoms with Crippen LogP contribution >= 0.6 is 0 Å². The van der Waals surface area contributed by atoms with Crippen LogP contribution in [0.3, 0.4) is 0 Å². The van der Waals surface area contributed by atoms with E-state index < -0.39 is 0 Å². The summed E-state index contributed by atoms with van der Waals surface area (Å²) in [5.41, 5.74) is 3.43. The molecule has 0 aliphatic heterocycles. The lowest BCUT2D eigenvalue weighted by molar-refractivity contribution is 0.335. The predicted molar refractivity (Wildman–Crippen MR) is 87.4 cm³/mol. The SMILES string of the molecule is CCOc1ccccc1C(C)Nc1ccc(OC)cc1C. The molecule has 0 aliphatic rings. The molecule has 21 heavy (non-hydrogen) atoms. The van der Waals surface area contributed by atoms with E-state index in [0.29, 0.717) is 6.61 Å². The maximum absolute atomic E-state index is 5.70. The standard InChI is InChI=1S/C18H23NO2/c1-5-21-18-9-7-6-8-16(18)14(3)19-17-11-10-15(20-4)12-13(17)2/h6-12,14,19H,5H2,1-4H3. The first-order valence-electron chi connectivity index (χ1n) is 7.28. The molecule has 0 fully saturated rings. The Bertz CT molecular complexity index is 596. The van der Waals surface area contributed by atoms with Crippen LogP contribution in [0.4, 0.5) is 5.69 Å². The summed E-state index contributed by atoms with van der Waals surface area (Å²) in [4.78, 5) is 0. The molecule has 1 atom stereocenters. The number of para-hydroxylation sites is 1. The van der Waals surface area contributed by atoms with Crippen LogP contribution in [0, 0.1) is 6.92 Å². The van der Waals surface area contributed by atoms with Crippen molar-refractivity contribution in [2.24, 2.45) is 0 Å². The highest BCUT2D eigenvalue weighted by Crippen LogP contribution is 2.30. The van der Waals surface area contributed by atoms with Crippen molar-refractivity contribution in [2.45, 2.75) is 26.8 Å². The Morgan fingerprint density at radius 2 is 1.90 bits per heavy atom. The molecule has 1 unspecified atom stereocenters. The minimum Gasteiger partial charge on any atom is -0.497 e. The summed E-state index contributed by atoms with van der Waals surface area (Å²) in [6.45, 7) is 6.89. The van der Waals surface area contributed by atoms with Crippen molar-refractivity contribution in [3.63, 3.8) is 0 Å². The van der Waals surface area contributed by atoms with Gasteiger partial charge in [0.25, 0.3) is 0 Å². The number of rotatable bonds is 6. The molecule has 0 aromatic heterocycles. The number of hydrogen-bond acceptors (Lipinski definition) is 3. The fraction of sp³-hybridized carbons (Fsp3) is 0.333. The molecule has 0 amide bonds. The third-order valence-corrected chi connectivity index (χ3v) is 3.49. The van der Waals surface area contributed by atoms with Crippen LogP contribution in [0.1, 0.15) is 31.0 Å². The third-order valence-electron chi connectivity index (χ3n) is 3.49. The third kappa shape index (κ3) is 3.69. The van der Waals surface area contributed by atoms with Gasteiger partial charge in [-0.3, -0.25) is 0 Å². The smallest absolute Gasteiger partial charge is 0.124 e. The Kier molecular flexibility index (Phi) is 5.09. The van der Waals surface area contributed by atoms with Crippen molar-refractivity contribution in [1.29, 1.82) is 0 Å². The zero-order valence-corrected chi connectivity index (χ0v) is 13.1. The van der Waals surface area contributed by atoms with Crippen molar-refractivity contribution in [2.75, 3.05) is 19.0 Å². The van der Waals surface area contributed by atoms with Gasteiger partial charge >= 0.3 is 0 Å². The van der Waals surface area contributed by atoms with E-state index in [1.54, 1.807) is 7.11 Å². The van der Waals surface area contributed by atoms with E-state index in [2.05, 4.69) is 25.2 Å². The topological polar surface area (TPSA) is 30.5 Å². The summed E-state index contributed by atoms with van der Waals surface area (Å²) in [6.07, 6.45) is 0. The van der Waals surface area contributed by atoms with Gasteiger partial charge in [0.05, 0.1) is 19.8 Å². The van der Waals surface area contributed by atoms with Crippen LogP contribution in [0.5, 0.6) is 11.5 Å². The first-order chi connectivity index (χ1) is 10.2. The molecule has 0 spiro atoms. The Hall–Kier alpha value is -2.16. The highest BCUT2D eigenvalue weighted by Gasteiger charge is 2.12. The molecule has 1 N–H and O–H groups in total. The first kappa shape index (κ1) is 15.2. The fourth-order valence-electron chi connectivity index (χ4n) is 2.36. The Morgan fingerprint density at radius 1 is 1.14 bits per heavy atom. The predicted octanol–water partition coefficient (Wildman–Crippen LogP) is 4.58. The van der Waals surface area contributed by atoms with Gasteiger partial charge < -0.3 is 14.8 Å². The molecular formula is C18H23NO2. The van der Waals surface area contributed by atoms with Gasteiger partial charge in [0.1, 0.15) is 11.5 Å². The van der Waals surface area contributed by atoms with Crippen molar-refractivity contribution in [1.82, 2.24) is 0 Å². The number of ether oxygens (including phenoxy) is 2. The van der Waals surface area contributed by atoms with Crippen LogP contribution in [0.25, 0.3) is 0 Å². The molecule has 0 saturated heterocycles. The molecule has 0 aliphatic carbocycles. The number of methoxy groups -OCH3 is 1. The van der Waals surface area contributed by atoms with Gasteiger partial charge in [0, 0.05) is 11.3 Å². The second kappa shape index (κ2) is 7.02. The maximum Gasteiger partial charge on any atom is 0.124 e. The largest absolute Gasteiger partial charge is 0.497 e. The van der Waals surface area contributed by atoms with Gasteiger partial charge in [0.15, 0.2) is 0 Å². The molecule has 2 aromatic rings. The molecule has 0 heterocycles. The highest BCUT2D eigenvalue weighted by molar-refractivity contribution is 5.55. The second-order valence-electron chi connectivity index (χ2n) is 5.02. The molecule has 2 rings (SSSR count). The van der Waals surface area contributed by atoms with E-state index in [1.807, 2.05) is 43.3 Å². The van der Waals surface area contributed by atoms with E-state index in [4.69, 9.17) is 9.47 Å². The van der Waals surface area contributed by atoms with Crippen molar-refractivity contribution in [3.05, 3.63) is 53.6 Å². The van der Waals surface area contributed by atoms with Crippen LogP contribution in [0.2, 0.25) is 0 Å². The average molecular weight is 285 g/mol. The second-order valence-corrected chi connectivity index (χ2v) is 5.02. The van der Waals surface area contributed by atoms with E-state index >= 15 is 0 Å². The normalized spacial score (nSPS) is 11.8. The van der Waals surface area contributed by atoms with Gasteiger partial charge in [-0.1, -0.05) is 18.2 Å². The van der Waals surface area contributed by atoms with Gasteiger partial charge in [-0.25, -0.2) is 0 Å². The molecule has 0 saturated carbocycles. The molecule has 112 valence electrons. The van der Waals surface area contributed by atoms with Gasteiger partial charge in [0.2, 0.25) is 0 Å². The number of anilines is 1. The van der Waals surface area contributed by atoms with E-state index in [-0.39, 0.29) is 6.04 Å². The number of benzene rings is 2. The summed E-state index contributed by atoms with van der Waals surface area (Å²) in [6, 6.07) is 14.4. The maximum atomic E-state index is 5.70. The monoisotopic (exact) mass is 285 g/mol. The zero-order chi connectivity index (χ0) is 15.2. The summed E-state index contributed by atoms with van der Waals surface area (Å²) in [5.74, 6) is 1.81. The number of hydrogen-bond donors (Lipinski definition) is 1. The van der Waals surface area contributed by atoms with Crippen molar-refractivity contribution >= 4 is 5.69 Å². The van der Waals surface area contributed by atoms with E-state index in [0.717, 1.165) is 28.3 Å². The molecule has 3 heteroatoms. The van der Waals surface area contributed by atoms with Gasteiger partial charge in [-0.15, -0.1) is 0 Å². The summed E-state index contributed by atoms with van der Waals surface area (Å²) in [7, 11) is 1.68. The summed E-state index contributed by atoms with van der Waals surface area (Å²) >= 11 is 0. The lowest BCUT2D eigenvalue weighted by Crippen LogP contribution is -2.09. The quantitative estimate of drug-likeness (QED) is 0.843. The minimum atomic E-state index is 0.167. The lowest BCUT2D eigenvalue weighted by Gasteiger charge is -2.20. The summed E-state index contributed by atoms with van der Waals surface area (Å²) in [5, 5.41) is 3.54. The Balaban J connectivity index is 2.20. The van der Waals surface area contributed by atoms with Gasteiger partial charge in [-0.05, 0) is 50.6 Å². The fourth-order valence-corrected chi connectivity index (χ4v) is 2.36. The van der Waals surface area contributed by atoms with Crippen LogP contribution in [-0.2, 0) is 0 Å². The van der Waals surface area contributed by atoms with Crippen LogP contribution in [0.15, 0.2) is 42.5 Å². The van der Waals surface area contributed by atoms with Crippen LogP contribution < -0.4 is 14.8 Å². The van der Waals surface area contributed by atoms with Crippen LogP contribution in [-0.4, -0.2) is 13.7 Å². The average Bonchev–Trinajstić information content (AvgIpc) is 2.50. The molecule has 3 nitrogen and oxygen atoms in total. The minimum absolute atomic E-state index is 0.167. The van der Waals surface area contributed by atoms with E-state index in [9.17, 15) is 0 Å². The van der Waals surface area contributed by atoms with Crippen molar-refractivity contribution in [3.8, 4) is 11.5 Å². The molecule has 0 radical (unpaired) electrons. The molecule has 0 bridgehead atoms. The molecule has 2 aromatic carbocycles. The van der Waals surface area contributed by atoms with Crippen molar-refractivity contribution < 1.29 is 9.47 Å². The highest BCUT2D eigenvalue weighted by atomic mass is 16.5. The Labute approximate surface area is 126 Å².